The van der Waals surface area contributed by atoms with Crippen molar-refractivity contribution < 1.29 is 9.53 Å². The third kappa shape index (κ3) is 4.97. The molecule has 0 spiro atoms. The van der Waals surface area contributed by atoms with E-state index in [2.05, 4.69) is 20.2 Å². The second kappa shape index (κ2) is 8.43. The maximum atomic E-state index is 12.3. The fourth-order valence-corrected chi connectivity index (χ4v) is 3.73. The number of carbonyl (C=O) groups is 1. The molecule has 4 rings (SSSR count). The monoisotopic (exact) mass is 462 g/mol. The van der Waals surface area contributed by atoms with E-state index in [1.54, 1.807) is 16.8 Å². The molecule has 2 aromatic heterocycles. The van der Waals surface area contributed by atoms with Gasteiger partial charge in [-0.1, -0.05) is 23.2 Å². The summed E-state index contributed by atoms with van der Waals surface area (Å²) in [5.41, 5.74) is 1.10. The van der Waals surface area contributed by atoms with E-state index in [0.717, 1.165) is 37.7 Å². The Kier molecular flexibility index (Phi) is 5.85. The fourth-order valence-electron chi connectivity index (χ4n) is 3.43. The minimum atomic E-state index is -0.593. The van der Waals surface area contributed by atoms with Gasteiger partial charge in [0.05, 0.1) is 16.2 Å². The SMILES string of the molecule is CC(C)(C)OC(=O)Nc1cc(N2CCN(c3ccc(Cl)c(Cl)c3)CC2)nc2ccnn12. The molecule has 0 saturated carbocycles. The van der Waals surface area contributed by atoms with Crippen LogP contribution in [0.4, 0.5) is 22.1 Å². The average molecular weight is 463 g/mol. The lowest BCUT2D eigenvalue weighted by Gasteiger charge is -2.37. The van der Waals surface area contributed by atoms with E-state index in [4.69, 9.17) is 32.9 Å². The molecule has 0 radical (unpaired) electrons. The lowest BCUT2D eigenvalue weighted by atomic mass is 10.2. The van der Waals surface area contributed by atoms with Crippen molar-refractivity contribution in [2.24, 2.45) is 0 Å². The van der Waals surface area contributed by atoms with Crippen molar-refractivity contribution in [1.82, 2.24) is 14.6 Å². The van der Waals surface area contributed by atoms with Crippen molar-refractivity contribution in [3.05, 3.63) is 46.6 Å². The lowest BCUT2D eigenvalue weighted by molar-refractivity contribution is 0.0635. The predicted octanol–water partition coefficient (Wildman–Crippen LogP) is 4.71. The van der Waals surface area contributed by atoms with Crippen LogP contribution in [-0.4, -0.2) is 52.5 Å². The molecular weight excluding hydrogens is 439 g/mol. The first-order chi connectivity index (χ1) is 14.7. The molecule has 164 valence electrons. The zero-order valence-electron chi connectivity index (χ0n) is 17.6. The highest BCUT2D eigenvalue weighted by atomic mass is 35.5. The summed E-state index contributed by atoms with van der Waals surface area (Å²) in [5.74, 6) is 1.28. The fraction of sp³-hybridized carbons (Fsp3) is 0.381. The molecule has 1 aliphatic heterocycles. The topological polar surface area (TPSA) is 75.0 Å². The molecule has 8 nitrogen and oxygen atoms in total. The number of piperazine rings is 1. The summed E-state index contributed by atoms with van der Waals surface area (Å²) in [6.07, 6.45) is 1.11. The summed E-state index contributed by atoms with van der Waals surface area (Å²) < 4.78 is 6.96. The Labute approximate surface area is 190 Å². The number of nitrogens with one attached hydrogen (secondary N) is 1. The number of amides is 1. The first-order valence-corrected chi connectivity index (χ1v) is 10.7. The Balaban J connectivity index is 1.51. The lowest BCUT2D eigenvalue weighted by Crippen LogP contribution is -2.47. The molecule has 0 bridgehead atoms. The average Bonchev–Trinajstić information content (AvgIpc) is 3.18. The molecule has 31 heavy (non-hydrogen) atoms. The van der Waals surface area contributed by atoms with Gasteiger partial charge in [-0.15, -0.1) is 0 Å². The van der Waals surface area contributed by atoms with Gasteiger partial charge in [-0.25, -0.2) is 9.78 Å². The zero-order chi connectivity index (χ0) is 22.2. The number of carbonyl (C=O) groups excluding carboxylic acids is 1. The second-order valence-electron chi connectivity index (χ2n) is 8.30. The maximum Gasteiger partial charge on any atom is 0.413 e. The Bertz CT molecular complexity index is 1100. The number of benzene rings is 1. The molecule has 0 atom stereocenters. The van der Waals surface area contributed by atoms with Crippen molar-refractivity contribution >= 4 is 52.3 Å². The van der Waals surface area contributed by atoms with E-state index in [1.165, 1.54) is 0 Å². The van der Waals surface area contributed by atoms with Gasteiger partial charge in [-0.05, 0) is 39.0 Å². The van der Waals surface area contributed by atoms with Crippen LogP contribution in [0.5, 0.6) is 0 Å². The minimum absolute atomic E-state index is 0.506. The first-order valence-electron chi connectivity index (χ1n) is 9.99. The minimum Gasteiger partial charge on any atom is -0.444 e. The Hall–Kier alpha value is -2.71. The highest BCUT2D eigenvalue weighted by Crippen LogP contribution is 2.28. The highest BCUT2D eigenvalue weighted by Gasteiger charge is 2.22. The van der Waals surface area contributed by atoms with Gasteiger partial charge in [0.25, 0.3) is 0 Å². The molecule has 1 aromatic carbocycles. The molecule has 1 fully saturated rings. The van der Waals surface area contributed by atoms with Crippen molar-refractivity contribution in [1.29, 1.82) is 0 Å². The maximum absolute atomic E-state index is 12.3. The van der Waals surface area contributed by atoms with Gasteiger partial charge >= 0.3 is 6.09 Å². The number of rotatable bonds is 3. The van der Waals surface area contributed by atoms with Crippen LogP contribution in [-0.2, 0) is 4.74 Å². The van der Waals surface area contributed by atoms with Gasteiger partial charge in [0.2, 0.25) is 0 Å². The van der Waals surface area contributed by atoms with Gasteiger partial charge in [-0.3, -0.25) is 5.32 Å². The molecule has 1 saturated heterocycles. The molecule has 1 aliphatic rings. The van der Waals surface area contributed by atoms with Crippen LogP contribution in [0.3, 0.4) is 0 Å². The summed E-state index contributed by atoms with van der Waals surface area (Å²) in [7, 11) is 0. The van der Waals surface area contributed by atoms with Gasteiger partial charge in [0, 0.05) is 44.0 Å². The van der Waals surface area contributed by atoms with E-state index in [-0.39, 0.29) is 0 Å². The van der Waals surface area contributed by atoms with E-state index in [1.807, 2.05) is 45.0 Å². The molecule has 3 heterocycles. The first kappa shape index (κ1) is 21.5. The van der Waals surface area contributed by atoms with Gasteiger partial charge in [-0.2, -0.15) is 9.61 Å². The summed E-state index contributed by atoms with van der Waals surface area (Å²) in [6, 6.07) is 9.30. The molecule has 0 unspecified atom stereocenters. The van der Waals surface area contributed by atoms with Crippen LogP contribution < -0.4 is 15.1 Å². The van der Waals surface area contributed by atoms with Gasteiger partial charge in [0.1, 0.15) is 17.2 Å². The zero-order valence-corrected chi connectivity index (χ0v) is 19.1. The van der Waals surface area contributed by atoms with Gasteiger partial charge in [0.15, 0.2) is 5.65 Å². The van der Waals surface area contributed by atoms with E-state index in [9.17, 15) is 4.79 Å². The summed E-state index contributed by atoms with van der Waals surface area (Å²) in [6.45, 7) is 8.61. The number of fused-ring (bicyclic) bond motifs is 1. The highest BCUT2D eigenvalue weighted by molar-refractivity contribution is 6.42. The largest absolute Gasteiger partial charge is 0.444 e. The van der Waals surface area contributed by atoms with E-state index < -0.39 is 11.7 Å². The predicted molar refractivity (Wildman–Crippen MR) is 124 cm³/mol. The van der Waals surface area contributed by atoms with Crippen LogP contribution in [0, 0.1) is 0 Å². The quantitative estimate of drug-likeness (QED) is 0.607. The molecule has 1 amide bonds. The van der Waals surface area contributed by atoms with Crippen LogP contribution in [0.25, 0.3) is 5.65 Å². The molecule has 1 N–H and O–H groups in total. The molecule has 0 aliphatic carbocycles. The van der Waals surface area contributed by atoms with Gasteiger partial charge < -0.3 is 14.5 Å². The smallest absolute Gasteiger partial charge is 0.413 e. The Morgan fingerprint density at radius 2 is 1.74 bits per heavy atom. The Morgan fingerprint density at radius 1 is 1.03 bits per heavy atom. The molecule has 3 aromatic rings. The number of hydrogen-bond acceptors (Lipinski definition) is 6. The number of ether oxygens (including phenoxy) is 1. The van der Waals surface area contributed by atoms with E-state index >= 15 is 0 Å². The number of anilines is 3. The number of hydrogen-bond donors (Lipinski definition) is 1. The van der Waals surface area contributed by atoms with Crippen molar-refractivity contribution in [2.75, 3.05) is 41.3 Å². The standard InChI is InChI=1S/C21H24Cl2N6O2/c1-21(2,3)31-20(30)26-19-13-18(25-17-6-7-24-29(17)19)28-10-8-27(9-11-28)14-4-5-15(22)16(23)12-14/h4-7,12-13H,8-11H2,1-3H3,(H,26,30). The summed E-state index contributed by atoms with van der Waals surface area (Å²) in [5, 5.41) is 8.14. The number of halogens is 2. The normalized spacial score (nSPS) is 14.7. The van der Waals surface area contributed by atoms with Crippen LogP contribution in [0.2, 0.25) is 10.0 Å². The Morgan fingerprint density at radius 3 is 2.42 bits per heavy atom. The third-order valence-corrected chi connectivity index (χ3v) is 5.59. The van der Waals surface area contributed by atoms with Crippen molar-refractivity contribution in [3.63, 3.8) is 0 Å². The summed E-state index contributed by atoms with van der Waals surface area (Å²) >= 11 is 12.2. The number of aromatic nitrogens is 3. The van der Waals surface area contributed by atoms with Crippen molar-refractivity contribution in [2.45, 2.75) is 26.4 Å². The number of nitrogens with zero attached hydrogens (tertiary/aromatic N) is 5. The van der Waals surface area contributed by atoms with E-state index in [0.29, 0.717) is 21.5 Å². The van der Waals surface area contributed by atoms with Crippen molar-refractivity contribution in [3.8, 4) is 0 Å². The van der Waals surface area contributed by atoms with Crippen LogP contribution in [0.1, 0.15) is 20.8 Å². The third-order valence-electron chi connectivity index (χ3n) is 4.85. The van der Waals surface area contributed by atoms with Crippen LogP contribution >= 0.6 is 23.2 Å². The molecule has 10 heteroatoms. The van der Waals surface area contributed by atoms with Crippen LogP contribution in [0.15, 0.2) is 36.5 Å². The second-order valence-corrected chi connectivity index (χ2v) is 9.11. The molecular formula is C21H24Cl2N6O2. The summed E-state index contributed by atoms with van der Waals surface area (Å²) in [4.78, 5) is 21.4.